The third-order valence-electron chi connectivity index (χ3n) is 5.04. The van der Waals surface area contributed by atoms with Gasteiger partial charge < -0.3 is 4.74 Å². The highest BCUT2D eigenvalue weighted by Crippen LogP contribution is 2.30. The van der Waals surface area contributed by atoms with Gasteiger partial charge in [0, 0.05) is 24.9 Å². The highest BCUT2D eigenvalue weighted by atomic mass is 19.1. The SMILES string of the molecule is CCO[C@H](CC(=O)NO)[C@H](Cc1cccc(-c2ccncc2)c1)c1ccc(F)cc1. The van der Waals surface area contributed by atoms with E-state index in [0.29, 0.717) is 13.0 Å². The summed E-state index contributed by atoms with van der Waals surface area (Å²) in [4.78, 5) is 15.9. The summed E-state index contributed by atoms with van der Waals surface area (Å²) < 4.78 is 19.4. The summed E-state index contributed by atoms with van der Waals surface area (Å²) in [6.07, 6.45) is 3.62. The first-order valence-corrected chi connectivity index (χ1v) is 9.90. The highest BCUT2D eigenvalue weighted by molar-refractivity contribution is 5.75. The van der Waals surface area contributed by atoms with Crippen LogP contribution >= 0.6 is 0 Å². The Hall–Kier alpha value is -3.09. The number of aromatic nitrogens is 1. The molecule has 0 unspecified atom stereocenters. The predicted octanol–water partition coefficient (Wildman–Crippen LogP) is 4.51. The summed E-state index contributed by atoms with van der Waals surface area (Å²) >= 11 is 0. The molecule has 0 aliphatic rings. The van der Waals surface area contributed by atoms with Crippen LogP contribution in [-0.4, -0.2) is 28.8 Å². The van der Waals surface area contributed by atoms with E-state index in [1.807, 2.05) is 37.3 Å². The molecule has 156 valence electrons. The second-order valence-electron chi connectivity index (χ2n) is 7.03. The molecule has 0 fully saturated rings. The van der Waals surface area contributed by atoms with Gasteiger partial charge in [-0.15, -0.1) is 0 Å². The van der Waals surface area contributed by atoms with Crippen molar-refractivity contribution < 1.29 is 19.1 Å². The normalized spacial score (nSPS) is 12.9. The Morgan fingerprint density at radius 1 is 1.10 bits per heavy atom. The number of carbonyl (C=O) groups excluding carboxylic acids is 1. The van der Waals surface area contributed by atoms with Crippen LogP contribution in [0.15, 0.2) is 73.1 Å². The Morgan fingerprint density at radius 3 is 2.50 bits per heavy atom. The molecule has 2 aromatic carbocycles. The fraction of sp³-hybridized carbons (Fsp3) is 0.250. The van der Waals surface area contributed by atoms with Crippen LogP contribution in [0.3, 0.4) is 0 Å². The lowest BCUT2D eigenvalue weighted by molar-refractivity contribution is -0.132. The molecule has 5 nitrogen and oxygen atoms in total. The van der Waals surface area contributed by atoms with Gasteiger partial charge in [0.15, 0.2) is 0 Å². The minimum atomic E-state index is -0.522. The quantitative estimate of drug-likeness (QED) is 0.404. The maximum Gasteiger partial charge on any atom is 0.245 e. The molecule has 0 aliphatic carbocycles. The molecule has 3 rings (SSSR count). The molecule has 1 heterocycles. The van der Waals surface area contributed by atoms with Crippen molar-refractivity contribution >= 4 is 5.91 Å². The van der Waals surface area contributed by atoms with Gasteiger partial charge in [-0.25, -0.2) is 9.87 Å². The smallest absolute Gasteiger partial charge is 0.245 e. The molecule has 0 saturated heterocycles. The largest absolute Gasteiger partial charge is 0.377 e. The molecule has 3 aromatic rings. The van der Waals surface area contributed by atoms with Crippen LogP contribution in [0, 0.1) is 5.82 Å². The van der Waals surface area contributed by atoms with E-state index < -0.39 is 12.0 Å². The summed E-state index contributed by atoms with van der Waals surface area (Å²) in [5, 5.41) is 8.98. The van der Waals surface area contributed by atoms with Crippen molar-refractivity contribution in [3.63, 3.8) is 0 Å². The van der Waals surface area contributed by atoms with E-state index in [4.69, 9.17) is 9.94 Å². The number of hydroxylamine groups is 1. The number of carbonyl (C=O) groups is 1. The van der Waals surface area contributed by atoms with Gasteiger partial charge in [0.05, 0.1) is 12.5 Å². The predicted molar refractivity (Wildman–Crippen MR) is 112 cm³/mol. The zero-order valence-electron chi connectivity index (χ0n) is 16.8. The molecule has 6 heteroatoms. The van der Waals surface area contributed by atoms with Gasteiger partial charge in [0.2, 0.25) is 5.91 Å². The first-order chi connectivity index (χ1) is 14.6. The molecule has 0 radical (unpaired) electrons. The van der Waals surface area contributed by atoms with Crippen molar-refractivity contribution in [3.05, 3.63) is 90.0 Å². The lowest BCUT2D eigenvalue weighted by Gasteiger charge is -2.27. The zero-order valence-corrected chi connectivity index (χ0v) is 16.8. The average Bonchev–Trinajstić information content (AvgIpc) is 2.78. The van der Waals surface area contributed by atoms with E-state index >= 15 is 0 Å². The minimum absolute atomic E-state index is 0.00354. The van der Waals surface area contributed by atoms with Crippen molar-refractivity contribution in [1.29, 1.82) is 0 Å². The van der Waals surface area contributed by atoms with Crippen molar-refractivity contribution in [2.24, 2.45) is 0 Å². The number of amides is 1. The molecule has 2 N–H and O–H groups in total. The van der Waals surface area contributed by atoms with Crippen LogP contribution in [0.4, 0.5) is 4.39 Å². The molecule has 2 atom stereocenters. The van der Waals surface area contributed by atoms with Crippen molar-refractivity contribution in [2.45, 2.75) is 31.8 Å². The van der Waals surface area contributed by atoms with Gasteiger partial charge in [-0.3, -0.25) is 15.0 Å². The van der Waals surface area contributed by atoms with Crippen molar-refractivity contribution in [3.8, 4) is 11.1 Å². The molecular weight excluding hydrogens is 383 g/mol. The maximum atomic E-state index is 13.5. The monoisotopic (exact) mass is 408 g/mol. The number of rotatable bonds is 9. The van der Waals surface area contributed by atoms with E-state index in [2.05, 4.69) is 11.1 Å². The Balaban J connectivity index is 1.94. The van der Waals surface area contributed by atoms with Crippen LogP contribution in [-0.2, 0) is 16.0 Å². The lowest BCUT2D eigenvalue weighted by Crippen LogP contribution is -2.31. The molecule has 30 heavy (non-hydrogen) atoms. The molecule has 0 spiro atoms. The highest BCUT2D eigenvalue weighted by Gasteiger charge is 2.27. The van der Waals surface area contributed by atoms with Gasteiger partial charge in [-0.05, 0) is 59.9 Å². The van der Waals surface area contributed by atoms with E-state index in [1.165, 1.54) is 12.1 Å². The minimum Gasteiger partial charge on any atom is -0.377 e. The van der Waals surface area contributed by atoms with Crippen molar-refractivity contribution in [1.82, 2.24) is 10.5 Å². The maximum absolute atomic E-state index is 13.5. The Labute approximate surface area is 175 Å². The fourth-order valence-electron chi connectivity index (χ4n) is 3.61. The summed E-state index contributed by atoms with van der Waals surface area (Å²) in [5.74, 6) is -1.04. The number of nitrogens with one attached hydrogen (secondary N) is 1. The Morgan fingerprint density at radius 2 is 1.83 bits per heavy atom. The Kier molecular flexibility index (Phi) is 7.65. The summed E-state index contributed by atoms with van der Waals surface area (Å²) in [7, 11) is 0. The topological polar surface area (TPSA) is 71.5 Å². The van der Waals surface area contributed by atoms with Gasteiger partial charge in [-0.1, -0.05) is 36.4 Å². The zero-order chi connectivity index (χ0) is 21.3. The van der Waals surface area contributed by atoms with Gasteiger partial charge in [-0.2, -0.15) is 0 Å². The summed E-state index contributed by atoms with van der Waals surface area (Å²) in [6.45, 7) is 2.27. The van der Waals surface area contributed by atoms with Crippen LogP contribution in [0.2, 0.25) is 0 Å². The van der Waals surface area contributed by atoms with Gasteiger partial charge in [0.25, 0.3) is 0 Å². The fourth-order valence-corrected chi connectivity index (χ4v) is 3.61. The number of nitrogens with zero attached hydrogens (tertiary/aromatic N) is 1. The van der Waals surface area contributed by atoms with Crippen LogP contribution in [0.25, 0.3) is 11.1 Å². The summed E-state index contributed by atoms with van der Waals surface area (Å²) in [5.41, 5.74) is 5.74. The number of pyridine rings is 1. The van der Waals surface area contributed by atoms with E-state index in [-0.39, 0.29) is 18.2 Å². The number of halogens is 1. The standard InChI is InChI=1S/C24H25FN2O3/c1-2-30-23(16-24(28)27-29)22(19-6-8-21(25)9-7-19)15-17-4-3-5-20(14-17)18-10-12-26-13-11-18/h3-14,22-23,29H,2,15-16H2,1H3,(H,27,28)/t22-,23-/m1/s1. The van der Waals surface area contributed by atoms with Crippen molar-refractivity contribution in [2.75, 3.05) is 6.61 Å². The van der Waals surface area contributed by atoms with Gasteiger partial charge in [0.1, 0.15) is 5.82 Å². The van der Waals surface area contributed by atoms with Crippen LogP contribution in [0.1, 0.15) is 30.4 Å². The second kappa shape index (κ2) is 10.6. The van der Waals surface area contributed by atoms with Gasteiger partial charge >= 0.3 is 0 Å². The average molecular weight is 408 g/mol. The lowest BCUT2D eigenvalue weighted by atomic mass is 9.85. The molecule has 0 bridgehead atoms. The summed E-state index contributed by atoms with van der Waals surface area (Å²) in [6, 6.07) is 18.3. The van der Waals surface area contributed by atoms with E-state index in [0.717, 1.165) is 22.3 Å². The molecule has 1 amide bonds. The van der Waals surface area contributed by atoms with Crippen LogP contribution in [0.5, 0.6) is 0 Å². The molecular formula is C24H25FN2O3. The second-order valence-corrected chi connectivity index (χ2v) is 7.03. The molecule has 0 aliphatic heterocycles. The van der Waals surface area contributed by atoms with Crippen LogP contribution < -0.4 is 5.48 Å². The molecule has 0 saturated carbocycles. The third kappa shape index (κ3) is 5.72. The first-order valence-electron chi connectivity index (χ1n) is 9.90. The number of ether oxygens (including phenoxy) is 1. The van der Waals surface area contributed by atoms with E-state index in [1.54, 1.807) is 30.0 Å². The third-order valence-corrected chi connectivity index (χ3v) is 5.04. The van der Waals surface area contributed by atoms with E-state index in [9.17, 15) is 9.18 Å². The first kappa shape index (κ1) is 21.6. The number of hydrogen-bond acceptors (Lipinski definition) is 4. The number of hydrogen-bond donors (Lipinski definition) is 2. The number of benzene rings is 2. The molecule has 1 aromatic heterocycles. The Bertz CT molecular complexity index is 948.